The van der Waals surface area contributed by atoms with Crippen LogP contribution in [0.15, 0.2) is 33.6 Å². The molecule has 0 aliphatic heterocycles. The topological polar surface area (TPSA) is 57.6 Å². The van der Waals surface area contributed by atoms with Crippen molar-refractivity contribution < 1.29 is 14.7 Å². The van der Waals surface area contributed by atoms with Crippen LogP contribution in [0.2, 0.25) is 0 Å². The van der Waals surface area contributed by atoms with Crippen LogP contribution in [0.1, 0.15) is 20.8 Å². The summed E-state index contributed by atoms with van der Waals surface area (Å²) in [5, 5.41) is 8.91. The number of halogens is 1. The van der Waals surface area contributed by atoms with Gasteiger partial charge in [0.05, 0.1) is 5.75 Å². The van der Waals surface area contributed by atoms with Crippen molar-refractivity contribution in [2.45, 2.75) is 31.2 Å². The van der Waals surface area contributed by atoms with Crippen LogP contribution in [0.3, 0.4) is 0 Å². The molecule has 1 aromatic carbocycles. The van der Waals surface area contributed by atoms with Gasteiger partial charge in [-0.15, -0.1) is 11.8 Å². The molecule has 0 aromatic heterocycles. The Balaban J connectivity index is 2.67. The SMILES string of the molecule is CC(C)(C)N(CC(=O)O)C(=O)CSc1ccc(Br)cc1. The van der Waals surface area contributed by atoms with Crippen molar-refractivity contribution in [1.29, 1.82) is 0 Å². The van der Waals surface area contributed by atoms with Gasteiger partial charge in [-0.05, 0) is 45.0 Å². The quantitative estimate of drug-likeness (QED) is 0.819. The average molecular weight is 360 g/mol. The standard InChI is InChI=1S/C14H18BrNO3S/c1-14(2,3)16(8-13(18)19)12(17)9-20-11-6-4-10(15)5-7-11/h4-7H,8-9H2,1-3H3,(H,18,19). The third-order valence-corrected chi connectivity index (χ3v) is 4.11. The van der Waals surface area contributed by atoms with Gasteiger partial charge in [0.1, 0.15) is 6.54 Å². The number of carbonyl (C=O) groups is 2. The van der Waals surface area contributed by atoms with E-state index in [4.69, 9.17) is 5.11 Å². The highest BCUT2D eigenvalue weighted by atomic mass is 79.9. The molecule has 1 amide bonds. The van der Waals surface area contributed by atoms with Gasteiger partial charge in [0.25, 0.3) is 0 Å². The fourth-order valence-electron chi connectivity index (χ4n) is 1.59. The van der Waals surface area contributed by atoms with Crippen LogP contribution < -0.4 is 0 Å². The minimum Gasteiger partial charge on any atom is -0.480 e. The molecule has 4 nitrogen and oxygen atoms in total. The van der Waals surface area contributed by atoms with Crippen molar-refractivity contribution in [3.05, 3.63) is 28.7 Å². The first kappa shape index (κ1) is 17.0. The summed E-state index contributed by atoms with van der Waals surface area (Å²) in [6.45, 7) is 5.22. The number of nitrogens with zero attached hydrogens (tertiary/aromatic N) is 1. The minimum atomic E-state index is -0.998. The molecule has 0 saturated carbocycles. The van der Waals surface area contributed by atoms with Crippen LogP contribution in [0.5, 0.6) is 0 Å². The number of amides is 1. The molecule has 0 heterocycles. The zero-order chi connectivity index (χ0) is 15.3. The zero-order valence-electron chi connectivity index (χ0n) is 11.7. The molecule has 1 rings (SSSR count). The van der Waals surface area contributed by atoms with Gasteiger partial charge in [0, 0.05) is 14.9 Å². The number of thioether (sulfide) groups is 1. The van der Waals surface area contributed by atoms with E-state index in [9.17, 15) is 9.59 Å². The monoisotopic (exact) mass is 359 g/mol. The molecule has 6 heteroatoms. The first-order valence-corrected chi connectivity index (χ1v) is 7.88. The summed E-state index contributed by atoms with van der Waals surface area (Å²) >= 11 is 4.76. The summed E-state index contributed by atoms with van der Waals surface area (Å²) in [4.78, 5) is 25.4. The number of hydrogen-bond acceptors (Lipinski definition) is 3. The lowest BCUT2D eigenvalue weighted by Gasteiger charge is -2.34. The van der Waals surface area contributed by atoms with Crippen molar-refractivity contribution in [3.8, 4) is 0 Å². The zero-order valence-corrected chi connectivity index (χ0v) is 14.1. The van der Waals surface area contributed by atoms with Crippen LogP contribution in [-0.4, -0.2) is 39.7 Å². The molecule has 0 aliphatic rings. The van der Waals surface area contributed by atoms with E-state index < -0.39 is 11.5 Å². The average Bonchev–Trinajstić information content (AvgIpc) is 2.33. The van der Waals surface area contributed by atoms with E-state index in [1.807, 2.05) is 45.0 Å². The summed E-state index contributed by atoms with van der Waals surface area (Å²) in [7, 11) is 0. The number of carbonyl (C=O) groups excluding carboxylic acids is 1. The molecular formula is C14H18BrNO3S. The lowest BCUT2D eigenvalue weighted by molar-refractivity contribution is -0.146. The van der Waals surface area contributed by atoms with E-state index in [-0.39, 0.29) is 18.2 Å². The van der Waals surface area contributed by atoms with Crippen molar-refractivity contribution in [1.82, 2.24) is 4.90 Å². The molecule has 1 N–H and O–H groups in total. The molecule has 20 heavy (non-hydrogen) atoms. The lowest BCUT2D eigenvalue weighted by atomic mass is 10.1. The van der Waals surface area contributed by atoms with E-state index in [0.29, 0.717) is 0 Å². The number of carboxylic acids is 1. The van der Waals surface area contributed by atoms with Gasteiger partial charge < -0.3 is 10.0 Å². The van der Waals surface area contributed by atoms with Crippen molar-refractivity contribution in [2.24, 2.45) is 0 Å². The Morgan fingerprint density at radius 1 is 1.25 bits per heavy atom. The third-order valence-electron chi connectivity index (χ3n) is 2.58. The molecule has 0 aliphatic carbocycles. The van der Waals surface area contributed by atoms with Gasteiger partial charge in [-0.25, -0.2) is 0 Å². The summed E-state index contributed by atoms with van der Waals surface area (Å²) < 4.78 is 0.982. The van der Waals surface area contributed by atoms with Gasteiger partial charge in [-0.2, -0.15) is 0 Å². The number of benzene rings is 1. The lowest BCUT2D eigenvalue weighted by Crippen LogP contribution is -2.49. The highest BCUT2D eigenvalue weighted by molar-refractivity contribution is 9.10. The molecule has 0 spiro atoms. The van der Waals surface area contributed by atoms with Gasteiger partial charge in [-0.3, -0.25) is 9.59 Å². The molecule has 0 unspecified atom stereocenters. The van der Waals surface area contributed by atoms with Crippen LogP contribution in [0, 0.1) is 0 Å². The molecule has 0 bridgehead atoms. The summed E-state index contributed by atoms with van der Waals surface area (Å²) in [5.74, 6) is -0.943. The van der Waals surface area contributed by atoms with E-state index in [0.717, 1.165) is 9.37 Å². The Hall–Kier alpha value is -1.01. The molecule has 1 aromatic rings. The Morgan fingerprint density at radius 2 is 1.80 bits per heavy atom. The number of carboxylic acid groups (broad SMARTS) is 1. The highest BCUT2D eigenvalue weighted by Gasteiger charge is 2.28. The van der Waals surface area contributed by atoms with E-state index in [1.165, 1.54) is 16.7 Å². The normalized spacial score (nSPS) is 11.2. The largest absolute Gasteiger partial charge is 0.480 e. The van der Waals surface area contributed by atoms with Gasteiger partial charge in [-0.1, -0.05) is 15.9 Å². The third kappa shape index (κ3) is 5.54. The van der Waals surface area contributed by atoms with Gasteiger partial charge >= 0.3 is 5.97 Å². The van der Waals surface area contributed by atoms with E-state index in [1.54, 1.807) is 0 Å². The maximum absolute atomic E-state index is 12.2. The van der Waals surface area contributed by atoms with E-state index in [2.05, 4.69) is 15.9 Å². The minimum absolute atomic E-state index is 0.173. The molecular weight excluding hydrogens is 342 g/mol. The molecule has 0 saturated heterocycles. The molecule has 0 radical (unpaired) electrons. The smallest absolute Gasteiger partial charge is 0.323 e. The predicted octanol–water partition coefficient (Wildman–Crippen LogP) is 3.25. The van der Waals surface area contributed by atoms with Crippen LogP contribution in [0.4, 0.5) is 0 Å². The van der Waals surface area contributed by atoms with Crippen LogP contribution in [-0.2, 0) is 9.59 Å². The number of rotatable bonds is 5. The number of aliphatic carboxylic acids is 1. The first-order valence-electron chi connectivity index (χ1n) is 6.11. The summed E-state index contributed by atoms with van der Waals surface area (Å²) in [5.41, 5.74) is -0.504. The fraction of sp³-hybridized carbons (Fsp3) is 0.429. The first-order chi connectivity index (χ1) is 9.20. The fourth-order valence-corrected chi connectivity index (χ4v) is 2.63. The Morgan fingerprint density at radius 3 is 2.25 bits per heavy atom. The molecule has 0 fully saturated rings. The number of hydrogen-bond donors (Lipinski definition) is 1. The van der Waals surface area contributed by atoms with Gasteiger partial charge in [0.2, 0.25) is 5.91 Å². The van der Waals surface area contributed by atoms with Crippen molar-refractivity contribution >= 4 is 39.6 Å². The second-order valence-electron chi connectivity index (χ2n) is 5.29. The maximum Gasteiger partial charge on any atom is 0.323 e. The second kappa shape index (κ2) is 7.13. The highest BCUT2D eigenvalue weighted by Crippen LogP contribution is 2.22. The van der Waals surface area contributed by atoms with Crippen molar-refractivity contribution in [2.75, 3.05) is 12.3 Å². The van der Waals surface area contributed by atoms with Crippen LogP contribution in [0.25, 0.3) is 0 Å². The predicted molar refractivity (Wildman–Crippen MR) is 84.0 cm³/mol. The Bertz CT molecular complexity index is 482. The Kier molecular flexibility index (Phi) is 6.07. The summed E-state index contributed by atoms with van der Waals surface area (Å²) in [6.07, 6.45) is 0. The van der Waals surface area contributed by atoms with Gasteiger partial charge in [0.15, 0.2) is 0 Å². The maximum atomic E-state index is 12.2. The Labute approximate surface area is 131 Å². The van der Waals surface area contributed by atoms with Crippen molar-refractivity contribution in [3.63, 3.8) is 0 Å². The summed E-state index contributed by atoms with van der Waals surface area (Å²) in [6, 6.07) is 7.65. The second-order valence-corrected chi connectivity index (χ2v) is 7.25. The molecule has 110 valence electrons. The van der Waals surface area contributed by atoms with E-state index >= 15 is 0 Å². The van der Waals surface area contributed by atoms with Crippen LogP contribution >= 0.6 is 27.7 Å². The molecule has 0 atom stereocenters.